The molecule has 8 rings (SSSR count). The van der Waals surface area contributed by atoms with E-state index in [0.717, 1.165) is 63.3 Å². The Morgan fingerprint density at radius 2 is 1.27 bits per heavy atom. The summed E-state index contributed by atoms with van der Waals surface area (Å²) in [4.78, 5) is 0. The number of ether oxygens (including phenoxy) is 7. The first-order valence-electron chi connectivity index (χ1n) is 16.3. The highest BCUT2D eigenvalue weighted by molar-refractivity contribution is 6.09. The zero-order valence-electron chi connectivity index (χ0n) is 27.6. The van der Waals surface area contributed by atoms with Crippen LogP contribution in [0.2, 0.25) is 0 Å². The summed E-state index contributed by atoms with van der Waals surface area (Å²) in [6.45, 7) is 1.37. The fourth-order valence-electron chi connectivity index (χ4n) is 7.91. The van der Waals surface area contributed by atoms with Crippen LogP contribution < -0.4 is 23.7 Å². The van der Waals surface area contributed by atoms with Gasteiger partial charge in [-0.3, -0.25) is 0 Å². The van der Waals surface area contributed by atoms with Crippen molar-refractivity contribution in [3.63, 3.8) is 0 Å². The van der Waals surface area contributed by atoms with Crippen molar-refractivity contribution in [1.82, 2.24) is 0 Å². The number of rotatable bonds is 10. The van der Waals surface area contributed by atoms with Gasteiger partial charge in [0, 0.05) is 54.9 Å². The Morgan fingerprint density at radius 3 is 1.85 bits per heavy atom. The molecule has 0 saturated carbocycles. The van der Waals surface area contributed by atoms with E-state index in [9.17, 15) is 0 Å². The van der Waals surface area contributed by atoms with Crippen LogP contribution in [0.3, 0.4) is 0 Å². The molecule has 48 heavy (non-hydrogen) atoms. The Morgan fingerprint density at radius 1 is 0.688 bits per heavy atom. The van der Waals surface area contributed by atoms with E-state index in [1.54, 1.807) is 28.4 Å². The molecule has 0 bridgehead atoms. The predicted molar refractivity (Wildman–Crippen MR) is 186 cm³/mol. The normalized spacial score (nSPS) is 15.8. The molecule has 1 aliphatic carbocycles. The molecule has 0 aromatic heterocycles. The van der Waals surface area contributed by atoms with Crippen LogP contribution in [0, 0.1) is 0 Å². The molecular weight excluding hydrogens is 604 g/mol. The first-order chi connectivity index (χ1) is 23.6. The van der Waals surface area contributed by atoms with Crippen LogP contribution >= 0.6 is 0 Å². The van der Waals surface area contributed by atoms with Crippen LogP contribution in [0.1, 0.15) is 40.7 Å². The van der Waals surface area contributed by atoms with Crippen LogP contribution in [-0.2, 0) is 20.5 Å². The first-order valence-corrected chi connectivity index (χ1v) is 16.3. The molecule has 5 aromatic rings. The molecule has 0 radical (unpaired) electrons. The van der Waals surface area contributed by atoms with E-state index in [2.05, 4.69) is 72.8 Å². The molecule has 0 atom stereocenters. The second-order valence-corrected chi connectivity index (χ2v) is 12.5. The third kappa shape index (κ3) is 4.49. The molecule has 0 unspecified atom stereocenters. The number of methoxy groups -OCH3 is 4. The fourth-order valence-corrected chi connectivity index (χ4v) is 7.91. The maximum absolute atomic E-state index is 7.51. The van der Waals surface area contributed by atoms with E-state index < -0.39 is 5.60 Å². The Bertz CT molecular complexity index is 1970. The van der Waals surface area contributed by atoms with Crippen molar-refractivity contribution in [2.75, 3.05) is 48.4 Å². The molecule has 5 aromatic carbocycles. The van der Waals surface area contributed by atoms with Gasteiger partial charge in [0.15, 0.2) is 17.1 Å². The van der Waals surface area contributed by atoms with Gasteiger partial charge in [-0.2, -0.15) is 0 Å². The summed E-state index contributed by atoms with van der Waals surface area (Å²) >= 11 is 0. The largest absolute Gasteiger partial charge is 0.497 e. The summed E-state index contributed by atoms with van der Waals surface area (Å²) < 4.78 is 42.0. The van der Waals surface area contributed by atoms with Crippen molar-refractivity contribution in [1.29, 1.82) is 0 Å². The Hall–Kier alpha value is -4.98. The zero-order valence-corrected chi connectivity index (χ0v) is 27.6. The number of hydrogen-bond acceptors (Lipinski definition) is 7. The number of fused-ring (bicyclic) bond motifs is 9. The van der Waals surface area contributed by atoms with Crippen molar-refractivity contribution in [3.05, 3.63) is 119 Å². The summed E-state index contributed by atoms with van der Waals surface area (Å²) in [6, 6.07) is 29.1. The van der Waals surface area contributed by atoms with Gasteiger partial charge in [-0.05, 0) is 83.0 Å². The van der Waals surface area contributed by atoms with Gasteiger partial charge in [0.25, 0.3) is 0 Å². The first kappa shape index (κ1) is 30.4. The van der Waals surface area contributed by atoms with Gasteiger partial charge < -0.3 is 33.2 Å². The van der Waals surface area contributed by atoms with Gasteiger partial charge >= 0.3 is 0 Å². The minimum absolute atomic E-state index is 0.181. The van der Waals surface area contributed by atoms with Crippen LogP contribution in [-0.4, -0.2) is 48.4 Å². The van der Waals surface area contributed by atoms with Crippen LogP contribution in [0.15, 0.2) is 91.0 Å². The lowest BCUT2D eigenvalue weighted by atomic mass is 9.70. The van der Waals surface area contributed by atoms with Crippen molar-refractivity contribution in [3.8, 4) is 39.9 Å². The van der Waals surface area contributed by atoms with Gasteiger partial charge in [-0.1, -0.05) is 54.6 Å². The molecular formula is C41H38O7. The maximum atomic E-state index is 7.51. The van der Waals surface area contributed by atoms with E-state index >= 15 is 0 Å². The SMILES string of the molecule is COCCC1(CCOC)c2ccccc2-c2c1c1c(c3cc4c(cc23)OCO4)OC(c2ccc(OC)cc2)(c2ccc(OC)cc2)C=C1. The molecule has 0 N–H and O–H groups in total. The van der Waals surface area contributed by atoms with E-state index in [1.807, 2.05) is 24.3 Å². The Balaban J connectivity index is 1.45. The maximum Gasteiger partial charge on any atom is 0.231 e. The highest BCUT2D eigenvalue weighted by Crippen LogP contribution is 2.61. The zero-order chi connectivity index (χ0) is 32.9. The van der Waals surface area contributed by atoms with Crippen molar-refractivity contribution in [2.45, 2.75) is 23.9 Å². The van der Waals surface area contributed by atoms with Gasteiger partial charge in [0.05, 0.1) is 14.2 Å². The highest BCUT2D eigenvalue weighted by atomic mass is 16.7. The summed E-state index contributed by atoms with van der Waals surface area (Å²) in [5.41, 5.74) is 6.58. The van der Waals surface area contributed by atoms with Crippen molar-refractivity contribution < 1.29 is 33.2 Å². The molecule has 0 spiro atoms. The molecule has 7 nitrogen and oxygen atoms in total. The van der Waals surface area contributed by atoms with E-state index in [0.29, 0.717) is 19.0 Å². The van der Waals surface area contributed by atoms with E-state index in [1.165, 1.54) is 22.3 Å². The van der Waals surface area contributed by atoms with E-state index in [-0.39, 0.29) is 12.2 Å². The second kappa shape index (κ2) is 11.9. The molecule has 244 valence electrons. The number of hydrogen-bond donors (Lipinski definition) is 0. The predicted octanol–water partition coefficient (Wildman–Crippen LogP) is 8.27. The third-order valence-corrected chi connectivity index (χ3v) is 10.2. The van der Waals surface area contributed by atoms with Gasteiger partial charge in [-0.25, -0.2) is 0 Å². The lowest BCUT2D eigenvalue weighted by Crippen LogP contribution is -2.36. The smallest absolute Gasteiger partial charge is 0.231 e. The molecule has 7 heteroatoms. The Labute approximate surface area is 280 Å². The monoisotopic (exact) mass is 642 g/mol. The quantitative estimate of drug-likeness (QED) is 0.152. The third-order valence-electron chi connectivity index (χ3n) is 10.2. The summed E-state index contributed by atoms with van der Waals surface area (Å²) in [5, 5.41) is 2.03. The molecule has 0 saturated heterocycles. The lowest BCUT2D eigenvalue weighted by molar-refractivity contribution is 0.143. The topological polar surface area (TPSA) is 64.6 Å². The van der Waals surface area contributed by atoms with Crippen LogP contribution in [0.5, 0.6) is 28.7 Å². The summed E-state index contributed by atoms with van der Waals surface area (Å²) in [7, 11) is 6.89. The average Bonchev–Trinajstić information content (AvgIpc) is 3.73. The molecule has 2 heterocycles. The van der Waals surface area contributed by atoms with Gasteiger partial charge in [0.1, 0.15) is 17.2 Å². The van der Waals surface area contributed by atoms with Gasteiger partial charge in [0.2, 0.25) is 6.79 Å². The van der Waals surface area contributed by atoms with Crippen molar-refractivity contribution >= 4 is 16.8 Å². The number of benzene rings is 5. The van der Waals surface area contributed by atoms with Crippen molar-refractivity contribution in [2.24, 2.45) is 0 Å². The average molecular weight is 643 g/mol. The Kier molecular flexibility index (Phi) is 7.54. The fraction of sp³-hybridized carbons (Fsp3) is 0.268. The molecule has 0 amide bonds. The summed E-state index contributed by atoms with van der Waals surface area (Å²) in [5.74, 6) is 3.79. The standard InChI is InChI=1S/C41H38O7/c1-42-21-19-40(20-22-43-2)34-8-6-5-7-30(34)37-32-23-35-36(47-25-46-35)24-33(32)39-31(38(37)40)17-18-41(48-39,26-9-13-28(44-3)14-10-26)27-11-15-29(45-4)16-12-27/h5-18,23-24H,19-22,25H2,1-4H3. The summed E-state index contributed by atoms with van der Waals surface area (Å²) in [6.07, 6.45) is 6.03. The highest BCUT2D eigenvalue weighted by Gasteiger charge is 2.48. The molecule has 3 aliphatic rings. The van der Waals surface area contributed by atoms with Gasteiger partial charge in [-0.15, -0.1) is 0 Å². The second-order valence-electron chi connectivity index (χ2n) is 12.5. The van der Waals surface area contributed by atoms with Crippen LogP contribution in [0.25, 0.3) is 28.0 Å². The molecule has 2 aliphatic heterocycles. The lowest BCUT2D eigenvalue weighted by Gasteiger charge is -2.40. The van der Waals surface area contributed by atoms with Crippen LogP contribution in [0.4, 0.5) is 0 Å². The molecule has 0 fully saturated rings. The minimum Gasteiger partial charge on any atom is -0.497 e. The minimum atomic E-state index is -0.948. The van der Waals surface area contributed by atoms with E-state index in [4.69, 9.17) is 33.2 Å².